The normalized spacial score (nSPS) is 20.2. The van der Waals surface area contributed by atoms with Gasteiger partial charge in [0, 0.05) is 17.7 Å². The molecule has 0 fully saturated rings. The van der Waals surface area contributed by atoms with Gasteiger partial charge in [-0.2, -0.15) is 0 Å². The minimum Gasteiger partial charge on any atom is -0.310 e. The monoisotopic (exact) mass is 260 g/mol. The lowest BCUT2D eigenvalue weighted by molar-refractivity contribution is -0.385. The van der Waals surface area contributed by atoms with Crippen LogP contribution in [-0.2, 0) is 0 Å². The standard InChI is InChI=1S/C15H20N2O2/c1-12(16-11-13-7-3-2-4-8-13)14-9-5-6-10-15(14)17(18)19/h2-3,5-6,9-10,12-13,16H,4,7-8,11H2,1H3. The highest BCUT2D eigenvalue weighted by Gasteiger charge is 2.19. The first-order chi connectivity index (χ1) is 9.18. The van der Waals surface area contributed by atoms with Gasteiger partial charge in [0.05, 0.1) is 4.92 Å². The summed E-state index contributed by atoms with van der Waals surface area (Å²) in [5.74, 6) is 0.648. The number of hydrogen-bond donors (Lipinski definition) is 1. The highest BCUT2D eigenvalue weighted by molar-refractivity contribution is 5.41. The Morgan fingerprint density at radius 2 is 2.21 bits per heavy atom. The molecule has 1 aliphatic rings. The van der Waals surface area contributed by atoms with E-state index in [1.165, 1.54) is 6.42 Å². The van der Waals surface area contributed by atoms with Gasteiger partial charge in [-0.1, -0.05) is 30.4 Å². The number of nitrogens with one attached hydrogen (secondary N) is 1. The van der Waals surface area contributed by atoms with Gasteiger partial charge in [0.2, 0.25) is 0 Å². The molecular weight excluding hydrogens is 240 g/mol. The third-order valence-corrected chi connectivity index (χ3v) is 3.69. The van der Waals surface area contributed by atoms with Crippen molar-refractivity contribution in [3.63, 3.8) is 0 Å². The van der Waals surface area contributed by atoms with E-state index in [1.807, 2.05) is 19.1 Å². The van der Waals surface area contributed by atoms with Gasteiger partial charge in [-0.25, -0.2) is 0 Å². The molecule has 0 heterocycles. The summed E-state index contributed by atoms with van der Waals surface area (Å²) in [6, 6.07) is 6.96. The lowest BCUT2D eigenvalue weighted by atomic mass is 9.94. The highest BCUT2D eigenvalue weighted by Crippen LogP contribution is 2.25. The summed E-state index contributed by atoms with van der Waals surface area (Å²) in [7, 11) is 0. The van der Waals surface area contributed by atoms with Crippen molar-refractivity contribution in [2.75, 3.05) is 6.54 Å². The van der Waals surface area contributed by atoms with Gasteiger partial charge in [-0.05, 0) is 38.6 Å². The van der Waals surface area contributed by atoms with Crippen LogP contribution in [-0.4, -0.2) is 11.5 Å². The minimum absolute atomic E-state index is 0.00695. The second-order valence-corrected chi connectivity index (χ2v) is 5.10. The lowest BCUT2D eigenvalue weighted by Gasteiger charge is -2.21. The zero-order valence-corrected chi connectivity index (χ0v) is 11.2. The molecule has 0 saturated carbocycles. The van der Waals surface area contributed by atoms with E-state index >= 15 is 0 Å². The minimum atomic E-state index is -0.309. The third kappa shape index (κ3) is 3.64. The first-order valence-corrected chi connectivity index (χ1v) is 6.80. The van der Waals surface area contributed by atoms with E-state index in [9.17, 15) is 10.1 Å². The molecule has 4 heteroatoms. The fourth-order valence-electron chi connectivity index (χ4n) is 2.52. The van der Waals surface area contributed by atoms with Gasteiger partial charge in [0.25, 0.3) is 5.69 Å². The van der Waals surface area contributed by atoms with Crippen LogP contribution in [0.2, 0.25) is 0 Å². The van der Waals surface area contributed by atoms with Crippen LogP contribution in [0.25, 0.3) is 0 Å². The SMILES string of the molecule is CC(NCC1CC=CCC1)c1ccccc1[N+](=O)[O-]. The smallest absolute Gasteiger partial charge is 0.274 e. The van der Waals surface area contributed by atoms with Crippen molar-refractivity contribution in [1.29, 1.82) is 0 Å². The van der Waals surface area contributed by atoms with Crippen LogP contribution >= 0.6 is 0 Å². The number of para-hydroxylation sites is 1. The molecule has 2 rings (SSSR count). The zero-order chi connectivity index (χ0) is 13.7. The van der Waals surface area contributed by atoms with Crippen LogP contribution in [0.3, 0.4) is 0 Å². The second kappa shape index (κ2) is 6.48. The van der Waals surface area contributed by atoms with Crippen molar-refractivity contribution in [2.24, 2.45) is 5.92 Å². The van der Waals surface area contributed by atoms with Gasteiger partial charge < -0.3 is 5.32 Å². The Kier molecular flexibility index (Phi) is 4.68. The van der Waals surface area contributed by atoms with Gasteiger partial charge in [0.15, 0.2) is 0 Å². The number of hydrogen-bond acceptors (Lipinski definition) is 3. The van der Waals surface area contributed by atoms with Crippen molar-refractivity contribution < 1.29 is 4.92 Å². The zero-order valence-electron chi connectivity index (χ0n) is 11.2. The van der Waals surface area contributed by atoms with Gasteiger partial charge in [-0.3, -0.25) is 10.1 Å². The van der Waals surface area contributed by atoms with Crippen LogP contribution in [0.1, 0.15) is 37.8 Å². The summed E-state index contributed by atoms with van der Waals surface area (Å²) in [6.45, 7) is 2.90. The summed E-state index contributed by atoms with van der Waals surface area (Å²) < 4.78 is 0. The Hall–Kier alpha value is -1.68. The molecule has 0 spiro atoms. The Morgan fingerprint density at radius 3 is 2.89 bits per heavy atom. The van der Waals surface area contributed by atoms with Gasteiger partial charge in [0.1, 0.15) is 0 Å². The number of nitro groups is 1. The maximum absolute atomic E-state index is 11.0. The third-order valence-electron chi connectivity index (χ3n) is 3.69. The topological polar surface area (TPSA) is 55.2 Å². The van der Waals surface area contributed by atoms with E-state index in [1.54, 1.807) is 12.1 Å². The second-order valence-electron chi connectivity index (χ2n) is 5.10. The molecule has 2 atom stereocenters. The summed E-state index contributed by atoms with van der Waals surface area (Å²) in [4.78, 5) is 10.7. The average Bonchev–Trinajstić information content (AvgIpc) is 2.46. The Labute approximate surface area is 113 Å². The Balaban J connectivity index is 1.97. The average molecular weight is 260 g/mol. The number of rotatable bonds is 5. The summed E-state index contributed by atoms with van der Waals surface area (Å²) in [5, 5.41) is 14.4. The van der Waals surface area contributed by atoms with E-state index in [0.717, 1.165) is 24.9 Å². The van der Waals surface area contributed by atoms with Gasteiger partial charge >= 0.3 is 0 Å². The van der Waals surface area contributed by atoms with Crippen LogP contribution in [0.15, 0.2) is 36.4 Å². The van der Waals surface area contributed by atoms with Crippen LogP contribution in [0.4, 0.5) is 5.69 Å². The van der Waals surface area contributed by atoms with E-state index in [-0.39, 0.29) is 16.7 Å². The molecule has 1 aromatic carbocycles. The molecular formula is C15H20N2O2. The van der Waals surface area contributed by atoms with E-state index < -0.39 is 0 Å². The van der Waals surface area contributed by atoms with E-state index in [0.29, 0.717) is 5.92 Å². The predicted molar refractivity (Wildman–Crippen MR) is 76.0 cm³/mol. The van der Waals surface area contributed by atoms with Crippen LogP contribution < -0.4 is 5.32 Å². The maximum Gasteiger partial charge on any atom is 0.274 e. The van der Waals surface area contributed by atoms with Crippen molar-refractivity contribution in [3.05, 3.63) is 52.1 Å². The first-order valence-electron chi connectivity index (χ1n) is 6.80. The maximum atomic E-state index is 11.0. The molecule has 1 aromatic rings. The number of nitro benzene ring substituents is 1. The van der Waals surface area contributed by atoms with E-state index in [4.69, 9.17) is 0 Å². The number of benzene rings is 1. The highest BCUT2D eigenvalue weighted by atomic mass is 16.6. The van der Waals surface area contributed by atoms with Crippen molar-refractivity contribution in [1.82, 2.24) is 5.32 Å². The molecule has 0 saturated heterocycles. The molecule has 0 radical (unpaired) electrons. The predicted octanol–water partition coefficient (Wildman–Crippen LogP) is 3.60. The van der Waals surface area contributed by atoms with Crippen molar-refractivity contribution in [3.8, 4) is 0 Å². The molecule has 2 unspecified atom stereocenters. The number of allylic oxidation sites excluding steroid dienone is 2. The molecule has 0 aromatic heterocycles. The molecule has 0 amide bonds. The largest absolute Gasteiger partial charge is 0.310 e. The quantitative estimate of drug-likeness (QED) is 0.500. The molecule has 0 aliphatic heterocycles. The molecule has 1 aliphatic carbocycles. The van der Waals surface area contributed by atoms with Crippen molar-refractivity contribution >= 4 is 5.69 Å². The van der Waals surface area contributed by atoms with Crippen LogP contribution in [0, 0.1) is 16.0 Å². The summed E-state index contributed by atoms with van der Waals surface area (Å²) in [5.41, 5.74) is 0.963. The first kappa shape index (κ1) is 13.7. The van der Waals surface area contributed by atoms with E-state index in [2.05, 4.69) is 17.5 Å². The molecule has 19 heavy (non-hydrogen) atoms. The summed E-state index contributed by atoms with van der Waals surface area (Å²) in [6.07, 6.45) is 7.91. The number of nitrogens with zero attached hydrogens (tertiary/aromatic N) is 1. The molecule has 102 valence electrons. The Morgan fingerprint density at radius 1 is 1.42 bits per heavy atom. The lowest BCUT2D eigenvalue weighted by Crippen LogP contribution is -2.26. The summed E-state index contributed by atoms with van der Waals surface area (Å²) >= 11 is 0. The van der Waals surface area contributed by atoms with Crippen LogP contribution in [0.5, 0.6) is 0 Å². The van der Waals surface area contributed by atoms with Gasteiger partial charge in [-0.15, -0.1) is 0 Å². The molecule has 0 bridgehead atoms. The molecule has 1 N–H and O–H groups in total. The fraction of sp³-hybridized carbons (Fsp3) is 0.467. The fourth-order valence-corrected chi connectivity index (χ4v) is 2.52. The Bertz CT molecular complexity index is 471. The molecule has 4 nitrogen and oxygen atoms in total. The van der Waals surface area contributed by atoms with Crippen molar-refractivity contribution in [2.45, 2.75) is 32.2 Å².